The average molecular weight is 341 g/mol. The van der Waals surface area contributed by atoms with Crippen molar-refractivity contribution < 1.29 is 9.53 Å². The summed E-state index contributed by atoms with van der Waals surface area (Å²) in [5, 5.41) is 6.29. The van der Waals surface area contributed by atoms with Gasteiger partial charge in [0.05, 0.1) is 13.2 Å². The van der Waals surface area contributed by atoms with Crippen LogP contribution in [0.2, 0.25) is 0 Å². The average Bonchev–Trinajstić information content (AvgIpc) is 2.47. The molecule has 2 N–H and O–H groups in total. The second-order valence-electron chi connectivity index (χ2n) is 5.19. The van der Waals surface area contributed by atoms with Crippen LogP contribution >= 0.6 is 15.9 Å². The van der Waals surface area contributed by atoms with Gasteiger partial charge in [-0.1, -0.05) is 35.0 Å². The summed E-state index contributed by atoms with van der Waals surface area (Å²) in [6.45, 7) is 4.99. The Hall–Kier alpha value is -0.910. The fourth-order valence-corrected chi connectivity index (χ4v) is 2.51. The zero-order valence-electron chi connectivity index (χ0n) is 11.7. The first-order valence-electron chi connectivity index (χ1n) is 6.98. The minimum Gasteiger partial charge on any atom is -0.378 e. The number of halogens is 1. The van der Waals surface area contributed by atoms with Crippen molar-refractivity contribution in [3.63, 3.8) is 0 Å². The SMILES string of the molecule is CC(CC(=O)NCC1COCCN1)c1ccc(Br)cc1. The Morgan fingerprint density at radius 3 is 2.90 bits per heavy atom. The molecule has 0 bridgehead atoms. The van der Waals surface area contributed by atoms with Gasteiger partial charge in [0.15, 0.2) is 0 Å². The summed E-state index contributed by atoms with van der Waals surface area (Å²) in [6, 6.07) is 8.35. The number of hydrogen-bond donors (Lipinski definition) is 2. The molecule has 1 aromatic carbocycles. The number of carbonyl (C=O) groups is 1. The number of ether oxygens (including phenoxy) is 1. The van der Waals surface area contributed by atoms with Gasteiger partial charge in [0.1, 0.15) is 0 Å². The largest absolute Gasteiger partial charge is 0.378 e. The van der Waals surface area contributed by atoms with E-state index in [0.717, 1.165) is 17.6 Å². The van der Waals surface area contributed by atoms with E-state index in [1.54, 1.807) is 0 Å². The van der Waals surface area contributed by atoms with E-state index in [1.165, 1.54) is 5.56 Å². The van der Waals surface area contributed by atoms with Gasteiger partial charge in [-0.25, -0.2) is 0 Å². The molecule has 1 amide bonds. The summed E-state index contributed by atoms with van der Waals surface area (Å²) >= 11 is 3.42. The van der Waals surface area contributed by atoms with Gasteiger partial charge < -0.3 is 15.4 Å². The molecule has 1 aliphatic rings. The van der Waals surface area contributed by atoms with Crippen LogP contribution in [-0.4, -0.2) is 38.3 Å². The molecule has 1 aliphatic heterocycles. The van der Waals surface area contributed by atoms with Gasteiger partial charge in [-0.3, -0.25) is 4.79 Å². The molecule has 5 heteroatoms. The summed E-state index contributed by atoms with van der Waals surface area (Å²) < 4.78 is 6.41. The lowest BCUT2D eigenvalue weighted by atomic mass is 9.97. The number of rotatable bonds is 5. The molecular formula is C15H21BrN2O2. The fourth-order valence-electron chi connectivity index (χ4n) is 2.25. The molecule has 110 valence electrons. The predicted molar refractivity (Wildman–Crippen MR) is 82.8 cm³/mol. The van der Waals surface area contributed by atoms with E-state index in [-0.39, 0.29) is 17.9 Å². The van der Waals surface area contributed by atoms with E-state index in [9.17, 15) is 4.79 Å². The Bertz CT molecular complexity index is 430. The monoisotopic (exact) mass is 340 g/mol. The maximum Gasteiger partial charge on any atom is 0.220 e. The third-order valence-electron chi connectivity index (χ3n) is 3.47. The first-order valence-corrected chi connectivity index (χ1v) is 7.77. The highest BCUT2D eigenvalue weighted by molar-refractivity contribution is 9.10. The number of morpholine rings is 1. The van der Waals surface area contributed by atoms with Crippen LogP contribution < -0.4 is 10.6 Å². The van der Waals surface area contributed by atoms with Crippen molar-refractivity contribution in [1.29, 1.82) is 0 Å². The van der Waals surface area contributed by atoms with Gasteiger partial charge in [0.25, 0.3) is 0 Å². The summed E-state index contributed by atoms with van der Waals surface area (Å²) in [7, 11) is 0. The third kappa shape index (κ3) is 4.89. The lowest BCUT2D eigenvalue weighted by Gasteiger charge is -2.24. The standard InChI is InChI=1S/C15H21BrN2O2/c1-11(12-2-4-13(16)5-3-12)8-15(19)18-9-14-10-20-7-6-17-14/h2-5,11,14,17H,6-10H2,1H3,(H,18,19). The smallest absolute Gasteiger partial charge is 0.220 e. The zero-order chi connectivity index (χ0) is 14.4. The molecular weight excluding hydrogens is 320 g/mol. The molecule has 2 atom stereocenters. The van der Waals surface area contributed by atoms with E-state index in [4.69, 9.17) is 4.74 Å². The molecule has 2 unspecified atom stereocenters. The van der Waals surface area contributed by atoms with Crippen molar-refractivity contribution >= 4 is 21.8 Å². The van der Waals surface area contributed by atoms with Gasteiger partial charge in [0, 0.05) is 30.0 Å². The first kappa shape index (κ1) is 15.5. The molecule has 0 spiro atoms. The highest BCUT2D eigenvalue weighted by atomic mass is 79.9. The topological polar surface area (TPSA) is 50.4 Å². The summed E-state index contributed by atoms with van der Waals surface area (Å²) in [6.07, 6.45) is 0.509. The lowest BCUT2D eigenvalue weighted by molar-refractivity contribution is -0.121. The minimum absolute atomic E-state index is 0.0905. The molecule has 20 heavy (non-hydrogen) atoms. The maximum atomic E-state index is 11.9. The van der Waals surface area contributed by atoms with Gasteiger partial charge in [-0.15, -0.1) is 0 Å². The third-order valence-corrected chi connectivity index (χ3v) is 4.00. The number of nitrogens with one attached hydrogen (secondary N) is 2. The second-order valence-corrected chi connectivity index (χ2v) is 6.10. The molecule has 0 aliphatic carbocycles. The van der Waals surface area contributed by atoms with Crippen LogP contribution in [0.5, 0.6) is 0 Å². The van der Waals surface area contributed by atoms with Crippen LogP contribution in [0, 0.1) is 0 Å². The van der Waals surface area contributed by atoms with E-state index < -0.39 is 0 Å². The van der Waals surface area contributed by atoms with Crippen molar-refractivity contribution in [3.05, 3.63) is 34.3 Å². The molecule has 2 rings (SSSR count). The summed E-state index contributed by atoms with van der Waals surface area (Å²) in [5.41, 5.74) is 1.18. The summed E-state index contributed by atoms with van der Waals surface area (Å²) in [5.74, 6) is 0.312. The second kappa shape index (κ2) is 7.76. The Kier molecular flexibility index (Phi) is 6.01. The van der Waals surface area contributed by atoms with E-state index in [2.05, 4.69) is 45.6 Å². The number of amides is 1. The predicted octanol–water partition coefficient (Wildman–Crippen LogP) is 2.05. The highest BCUT2D eigenvalue weighted by Crippen LogP contribution is 2.21. The number of hydrogen-bond acceptors (Lipinski definition) is 3. The normalized spacial score (nSPS) is 20.4. The summed E-state index contributed by atoms with van der Waals surface area (Å²) in [4.78, 5) is 11.9. The molecule has 1 aromatic rings. The van der Waals surface area contributed by atoms with Crippen LogP contribution in [0.1, 0.15) is 24.8 Å². The molecule has 1 saturated heterocycles. The van der Waals surface area contributed by atoms with Crippen LogP contribution in [0.25, 0.3) is 0 Å². The van der Waals surface area contributed by atoms with Crippen molar-refractivity contribution in [1.82, 2.24) is 10.6 Å². The molecule has 0 aromatic heterocycles. The van der Waals surface area contributed by atoms with Gasteiger partial charge >= 0.3 is 0 Å². The molecule has 0 radical (unpaired) electrons. The van der Waals surface area contributed by atoms with Crippen LogP contribution in [0.4, 0.5) is 0 Å². The highest BCUT2D eigenvalue weighted by Gasteiger charge is 2.15. The van der Waals surface area contributed by atoms with Crippen molar-refractivity contribution in [2.75, 3.05) is 26.3 Å². The van der Waals surface area contributed by atoms with Gasteiger partial charge in [-0.05, 0) is 23.6 Å². The lowest BCUT2D eigenvalue weighted by Crippen LogP contribution is -2.48. The minimum atomic E-state index is 0.0905. The van der Waals surface area contributed by atoms with Crippen LogP contribution in [0.3, 0.4) is 0 Å². The van der Waals surface area contributed by atoms with E-state index >= 15 is 0 Å². The van der Waals surface area contributed by atoms with Crippen molar-refractivity contribution in [3.8, 4) is 0 Å². The number of benzene rings is 1. The first-order chi connectivity index (χ1) is 9.65. The molecule has 0 saturated carbocycles. The van der Waals surface area contributed by atoms with Gasteiger partial charge in [-0.2, -0.15) is 0 Å². The van der Waals surface area contributed by atoms with E-state index in [1.807, 2.05) is 12.1 Å². The van der Waals surface area contributed by atoms with Crippen LogP contribution in [-0.2, 0) is 9.53 Å². The Morgan fingerprint density at radius 1 is 1.50 bits per heavy atom. The van der Waals surface area contributed by atoms with Gasteiger partial charge in [0.2, 0.25) is 5.91 Å². The van der Waals surface area contributed by atoms with Crippen molar-refractivity contribution in [2.24, 2.45) is 0 Å². The Labute approximate surface area is 128 Å². The van der Waals surface area contributed by atoms with Crippen LogP contribution in [0.15, 0.2) is 28.7 Å². The zero-order valence-corrected chi connectivity index (χ0v) is 13.3. The molecule has 1 heterocycles. The van der Waals surface area contributed by atoms with Crippen molar-refractivity contribution in [2.45, 2.75) is 25.3 Å². The quantitative estimate of drug-likeness (QED) is 0.862. The Balaban J connectivity index is 1.74. The Morgan fingerprint density at radius 2 is 2.25 bits per heavy atom. The molecule has 1 fully saturated rings. The number of carbonyl (C=O) groups excluding carboxylic acids is 1. The fraction of sp³-hybridized carbons (Fsp3) is 0.533. The van der Waals surface area contributed by atoms with E-state index in [0.29, 0.717) is 19.6 Å². The maximum absolute atomic E-state index is 11.9. The molecule has 4 nitrogen and oxygen atoms in total.